The molecule has 0 unspecified atom stereocenters. The fraction of sp³-hybridized carbons (Fsp3) is 0.333. The highest BCUT2D eigenvalue weighted by atomic mass is 16.2. The number of nitrogens with zero attached hydrogens (tertiary/aromatic N) is 1. The predicted molar refractivity (Wildman–Crippen MR) is 112 cm³/mol. The molecule has 4 nitrogen and oxygen atoms in total. The summed E-state index contributed by atoms with van der Waals surface area (Å²) in [5.41, 5.74) is 3.15. The zero-order valence-electron chi connectivity index (χ0n) is 17.2. The van der Waals surface area contributed by atoms with Crippen LogP contribution in [-0.2, 0) is 10.2 Å². The molecule has 3 rings (SSSR count). The van der Waals surface area contributed by atoms with Gasteiger partial charge in [0.1, 0.15) is 6.17 Å². The second-order valence-electron chi connectivity index (χ2n) is 8.61. The number of carbonyl (C=O) groups excluding carboxylic acids is 2. The lowest BCUT2D eigenvalue weighted by molar-refractivity contribution is -0.118. The minimum atomic E-state index is -0.377. The van der Waals surface area contributed by atoms with Gasteiger partial charge in [0, 0.05) is 11.8 Å². The van der Waals surface area contributed by atoms with Crippen LogP contribution in [0.4, 0.5) is 0 Å². The molecule has 0 spiro atoms. The molecule has 28 heavy (non-hydrogen) atoms. The van der Waals surface area contributed by atoms with Crippen LogP contribution in [0.15, 0.2) is 60.8 Å². The molecule has 4 heteroatoms. The van der Waals surface area contributed by atoms with Crippen LogP contribution in [0.2, 0.25) is 0 Å². The number of carbonyl (C=O) groups is 2. The summed E-state index contributed by atoms with van der Waals surface area (Å²) in [6.07, 6.45) is 1.32. The summed E-state index contributed by atoms with van der Waals surface area (Å²) in [4.78, 5) is 27.5. The summed E-state index contributed by atoms with van der Waals surface area (Å²) in [6, 6.07) is 17.1. The molecule has 146 valence electrons. The van der Waals surface area contributed by atoms with Crippen molar-refractivity contribution in [3.8, 4) is 0 Å². The van der Waals surface area contributed by atoms with Gasteiger partial charge in [0.25, 0.3) is 11.8 Å². The Balaban J connectivity index is 2.00. The van der Waals surface area contributed by atoms with Gasteiger partial charge < -0.3 is 5.32 Å². The van der Waals surface area contributed by atoms with E-state index < -0.39 is 0 Å². The van der Waals surface area contributed by atoms with Crippen LogP contribution in [0.5, 0.6) is 0 Å². The van der Waals surface area contributed by atoms with Crippen LogP contribution in [0.3, 0.4) is 0 Å². The second-order valence-corrected chi connectivity index (χ2v) is 8.61. The van der Waals surface area contributed by atoms with Crippen molar-refractivity contribution < 1.29 is 9.59 Å². The van der Waals surface area contributed by atoms with Gasteiger partial charge in [-0.3, -0.25) is 14.5 Å². The van der Waals surface area contributed by atoms with Gasteiger partial charge in [-0.15, -0.1) is 0 Å². The smallest absolute Gasteiger partial charge is 0.259 e. The van der Waals surface area contributed by atoms with Gasteiger partial charge >= 0.3 is 0 Å². The fourth-order valence-electron chi connectivity index (χ4n) is 3.32. The number of hydrogen-bond acceptors (Lipinski definition) is 2. The molecule has 0 saturated carbocycles. The Bertz CT molecular complexity index is 890. The number of benzene rings is 2. The summed E-state index contributed by atoms with van der Waals surface area (Å²) < 4.78 is 0. The standard InChI is InChI=1S/C24H28N2O2/c1-16(2)21-25-22(27)20(17-11-13-19(14-12-17)24(3,4)5)15-26(21)23(28)18-9-7-6-8-10-18/h6-16,21H,1-5H3,(H,25,27)/t21-/m0/s1. The average Bonchev–Trinajstić information content (AvgIpc) is 2.67. The highest BCUT2D eigenvalue weighted by molar-refractivity contribution is 6.21. The van der Waals surface area contributed by atoms with Crippen molar-refractivity contribution in [3.05, 3.63) is 77.5 Å². The quantitative estimate of drug-likeness (QED) is 0.852. The van der Waals surface area contributed by atoms with Crippen molar-refractivity contribution in [2.75, 3.05) is 0 Å². The lowest BCUT2D eigenvalue weighted by atomic mass is 9.86. The van der Waals surface area contributed by atoms with E-state index in [0.717, 1.165) is 5.56 Å². The summed E-state index contributed by atoms with van der Waals surface area (Å²) in [6.45, 7) is 10.5. The highest BCUT2D eigenvalue weighted by Gasteiger charge is 2.33. The van der Waals surface area contributed by atoms with Gasteiger partial charge in [-0.2, -0.15) is 0 Å². The van der Waals surface area contributed by atoms with E-state index >= 15 is 0 Å². The van der Waals surface area contributed by atoms with Crippen molar-refractivity contribution in [3.63, 3.8) is 0 Å². The largest absolute Gasteiger partial charge is 0.331 e. The van der Waals surface area contributed by atoms with Crippen molar-refractivity contribution in [1.29, 1.82) is 0 Å². The first kappa shape index (κ1) is 19.9. The van der Waals surface area contributed by atoms with Crippen LogP contribution >= 0.6 is 0 Å². The molecule has 0 aliphatic carbocycles. The van der Waals surface area contributed by atoms with E-state index in [1.165, 1.54) is 5.56 Å². The first-order chi connectivity index (χ1) is 13.2. The van der Waals surface area contributed by atoms with Gasteiger partial charge in [0.15, 0.2) is 0 Å². The molecule has 1 N–H and O–H groups in total. The highest BCUT2D eigenvalue weighted by Crippen LogP contribution is 2.28. The summed E-state index contributed by atoms with van der Waals surface area (Å²) >= 11 is 0. The van der Waals surface area contributed by atoms with Crippen molar-refractivity contribution in [2.45, 2.75) is 46.2 Å². The van der Waals surface area contributed by atoms with Crippen molar-refractivity contribution in [1.82, 2.24) is 10.2 Å². The summed E-state index contributed by atoms with van der Waals surface area (Å²) in [7, 11) is 0. The summed E-state index contributed by atoms with van der Waals surface area (Å²) in [5.74, 6) is -0.194. The molecule has 0 fully saturated rings. The maximum Gasteiger partial charge on any atom is 0.259 e. The predicted octanol–water partition coefficient (Wildman–Crippen LogP) is 4.58. The maximum absolute atomic E-state index is 13.1. The number of amides is 2. The monoisotopic (exact) mass is 376 g/mol. The molecule has 1 aliphatic heterocycles. The van der Waals surface area contributed by atoms with Crippen molar-refractivity contribution in [2.24, 2.45) is 5.92 Å². The van der Waals surface area contributed by atoms with E-state index in [-0.39, 0.29) is 29.3 Å². The molecule has 2 aromatic rings. The molecule has 1 atom stereocenters. The Morgan fingerprint density at radius 2 is 1.61 bits per heavy atom. The molecular weight excluding hydrogens is 348 g/mol. The van der Waals surface area contributed by atoms with Gasteiger partial charge in [-0.05, 0) is 34.6 Å². The van der Waals surface area contributed by atoms with Gasteiger partial charge in [-0.1, -0.05) is 77.1 Å². The Labute approximate surface area is 167 Å². The molecule has 0 aromatic heterocycles. The molecule has 0 saturated heterocycles. The Kier molecular flexibility index (Phi) is 5.41. The lowest BCUT2D eigenvalue weighted by Gasteiger charge is -2.37. The third-order valence-corrected chi connectivity index (χ3v) is 5.04. The van der Waals surface area contributed by atoms with Crippen molar-refractivity contribution >= 4 is 17.4 Å². The average molecular weight is 377 g/mol. The second kappa shape index (κ2) is 7.63. The Morgan fingerprint density at radius 1 is 1.00 bits per heavy atom. The topological polar surface area (TPSA) is 49.4 Å². The van der Waals surface area contributed by atoms with E-state index in [0.29, 0.717) is 11.1 Å². The molecular formula is C24H28N2O2. The molecule has 2 aromatic carbocycles. The van der Waals surface area contributed by atoms with Gasteiger partial charge in [0.05, 0.1) is 5.57 Å². The molecule has 1 aliphatic rings. The first-order valence-electron chi connectivity index (χ1n) is 9.70. The number of hydrogen-bond donors (Lipinski definition) is 1. The zero-order valence-corrected chi connectivity index (χ0v) is 17.2. The van der Waals surface area contributed by atoms with Gasteiger partial charge in [0.2, 0.25) is 0 Å². The minimum absolute atomic E-state index is 0.0415. The Hall–Kier alpha value is -2.88. The van der Waals surface area contributed by atoms with Crippen LogP contribution < -0.4 is 5.32 Å². The van der Waals surface area contributed by atoms with Crippen LogP contribution in [0.1, 0.15) is 56.1 Å². The van der Waals surface area contributed by atoms with E-state index in [1.807, 2.05) is 56.3 Å². The molecule has 2 amide bonds. The SMILES string of the molecule is CC(C)[C@H]1NC(=O)C(c2ccc(C(C)(C)C)cc2)=CN1C(=O)c1ccccc1. The van der Waals surface area contributed by atoms with E-state index in [4.69, 9.17) is 0 Å². The van der Waals surface area contributed by atoms with Crippen LogP contribution in [-0.4, -0.2) is 22.9 Å². The van der Waals surface area contributed by atoms with E-state index in [1.54, 1.807) is 23.2 Å². The first-order valence-corrected chi connectivity index (χ1v) is 9.70. The zero-order chi connectivity index (χ0) is 20.5. The van der Waals surface area contributed by atoms with Crippen LogP contribution in [0, 0.1) is 5.92 Å². The fourth-order valence-corrected chi connectivity index (χ4v) is 3.32. The van der Waals surface area contributed by atoms with E-state index in [9.17, 15) is 9.59 Å². The third-order valence-electron chi connectivity index (χ3n) is 5.04. The number of nitrogens with one attached hydrogen (secondary N) is 1. The van der Waals surface area contributed by atoms with Gasteiger partial charge in [-0.25, -0.2) is 0 Å². The summed E-state index contributed by atoms with van der Waals surface area (Å²) in [5, 5.41) is 3.01. The normalized spacial score (nSPS) is 17.4. The lowest BCUT2D eigenvalue weighted by Crippen LogP contribution is -2.54. The molecule has 0 radical (unpaired) electrons. The number of rotatable bonds is 3. The third kappa shape index (κ3) is 4.01. The minimum Gasteiger partial charge on any atom is -0.331 e. The van der Waals surface area contributed by atoms with Crippen LogP contribution in [0.25, 0.3) is 5.57 Å². The Morgan fingerprint density at radius 3 is 2.14 bits per heavy atom. The maximum atomic E-state index is 13.1. The van der Waals surface area contributed by atoms with E-state index in [2.05, 4.69) is 26.1 Å². The molecule has 0 bridgehead atoms. The molecule has 1 heterocycles.